The number of amides is 1. The maximum Gasteiger partial charge on any atom is 0.432 e. The summed E-state index contributed by atoms with van der Waals surface area (Å²) in [5.74, 6) is -1.82. The van der Waals surface area contributed by atoms with Crippen LogP contribution in [0, 0.1) is 0 Å². The minimum Gasteiger partial charge on any atom is -0.463 e. The van der Waals surface area contributed by atoms with E-state index in [1.165, 1.54) is 13.0 Å². The van der Waals surface area contributed by atoms with E-state index in [0.29, 0.717) is 0 Å². The lowest BCUT2D eigenvalue weighted by molar-refractivity contribution is -0.267. The zero-order valence-electron chi connectivity index (χ0n) is 15.5. The number of carbonyl (C=O) groups is 2. The Labute approximate surface area is 162 Å². The number of thiazole rings is 1. The fourth-order valence-electron chi connectivity index (χ4n) is 2.23. The van der Waals surface area contributed by atoms with Gasteiger partial charge < -0.3 is 14.6 Å². The Bertz CT molecular complexity index is 891. The van der Waals surface area contributed by atoms with Crippen molar-refractivity contribution < 1.29 is 37.3 Å². The molecule has 1 unspecified atom stereocenters. The van der Waals surface area contributed by atoms with Crippen LogP contribution in [0.15, 0.2) is 18.2 Å². The number of esters is 1. The van der Waals surface area contributed by atoms with Gasteiger partial charge in [-0.15, -0.1) is 0 Å². The third-order valence-corrected chi connectivity index (χ3v) is 4.33. The minimum atomic E-state index is -5.30. The van der Waals surface area contributed by atoms with Crippen LogP contribution in [0.5, 0.6) is 0 Å². The van der Waals surface area contributed by atoms with Gasteiger partial charge >= 0.3 is 18.2 Å². The summed E-state index contributed by atoms with van der Waals surface area (Å²) in [4.78, 5) is 27.7. The molecule has 0 spiro atoms. The van der Waals surface area contributed by atoms with Gasteiger partial charge in [0.15, 0.2) is 5.13 Å². The van der Waals surface area contributed by atoms with Gasteiger partial charge in [-0.2, -0.15) is 13.2 Å². The van der Waals surface area contributed by atoms with Gasteiger partial charge in [0.25, 0.3) is 5.60 Å². The number of ether oxygens (including phenoxy) is 2. The lowest BCUT2D eigenvalue weighted by Gasteiger charge is -2.28. The summed E-state index contributed by atoms with van der Waals surface area (Å²) < 4.78 is 50.1. The zero-order chi connectivity index (χ0) is 21.3. The summed E-state index contributed by atoms with van der Waals surface area (Å²) in [6.07, 6.45) is -6.07. The van der Waals surface area contributed by atoms with Crippen molar-refractivity contribution in [3.05, 3.63) is 23.8 Å². The maximum atomic E-state index is 13.5. The summed E-state index contributed by atoms with van der Waals surface area (Å²) in [5.41, 5.74) is -5.00. The van der Waals surface area contributed by atoms with Crippen molar-refractivity contribution >= 4 is 38.7 Å². The topological polar surface area (TPSA) is 97.8 Å². The molecule has 1 aromatic heterocycles. The predicted molar refractivity (Wildman–Crippen MR) is 96.1 cm³/mol. The average molecular weight is 420 g/mol. The molecule has 0 aliphatic rings. The standard InChI is InChI=1S/C17H19F3N2O5S/c1-5-26-12(23)16(25,17(18,19)20)9-6-7-10-11(8-9)28-13(21-10)22-14(24)27-15(2,3)4/h6-8,25H,5H2,1-4H3,(H,21,22,24). The first-order valence-corrected chi connectivity index (χ1v) is 8.97. The van der Waals surface area contributed by atoms with E-state index >= 15 is 0 Å². The summed E-state index contributed by atoms with van der Waals surface area (Å²) in [6.45, 7) is 6.01. The Balaban J connectivity index is 2.40. The Morgan fingerprint density at radius 3 is 2.43 bits per heavy atom. The molecule has 0 aliphatic carbocycles. The summed E-state index contributed by atoms with van der Waals surface area (Å²) in [5, 5.41) is 12.6. The molecule has 0 aliphatic heterocycles. The molecule has 1 heterocycles. The molecule has 7 nitrogen and oxygen atoms in total. The van der Waals surface area contributed by atoms with Crippen molar-refractivity contribution in [2.24, 2.45) is 0 Å². The number of hydrogen-bond acceptors (Lipinski definition) is 7. The van der Waals surface area contributed by atoms with Gasteiger partial charge in [0, 0.05) is 5.56 Å². The Hall–Kier alpha value is -2.40. The third kappa shape index (κ3) is 4.53. The highest BCUT2D eigenvalue weighted by molar-refractivity contribution is 7.22. The van der Waals surface area contributed by atoms with E-state index in [-0.39, 0.29) is 22.0 Å². The fourth-order valence-corrected chi connectivity index (χ4v) is 3.12. The number of carbonyl (C=O) groups excluding carboxylic acids is 2. The number of aliphatic hydroxyl groups is 1. The zero-order valence-corrected chi connectivity index (χ0v) is 16.3. The minimum absolute atomic E-state index is 0.0908. The predicted octanol–water partition coefficient (Wildman–Crippen LogP) is 3.96. The Morgan fingerprint density at radius 1 is 1.25 bits per heavy atom. The summed E-state index contributed by atoms with van der Waals surface area (Å²) in [7, 11) is 0. The van der Waals surface area contributed by atoms with Crippen LogP contribution in [-0.4, -0.2) is 40.5 Å². The van der Waals surface area contributed by atoms with E-state index in [0.717, 1.165) is 23.5 Å². The van der Waals surface area contributed by atoms with Crippen molar-refractivity contribution in [3.63, 3.8) is 0 Å². The molecule has 11 heteroatoms. The van der Waals surface area contributed by atoms with Crippen molar-refractivity contribution in [3.8, 4) is 0 Å². The summed E-state index contributed by atoms with van der Waals surface area (Å²) >= 11 is 0.864. The van der Waals surface area contributed by atoms with Gasteiger partial charge in [-0.25, -0.2) is 14.6 Å². The molecule has 0 saturated carbocycles. The molecule has 154 valence electrons. The van der Waals surface area contributed by atoms with Gasteiger partial charge in [-0.05, 0) is 39.8 Å². The van der Waals surface area contributed by atoms with E-state index in [9.17, 15) is 27.9 Å². The van der Waals surface area contributed by atoms with Gasteiger partial charge in [0.05, 0.1) is 16.8 Å². The van der Waals surface area contributed by atoms with E-state index in [4.69, 9.17) is 4.74 Å². The number of nitrogens with one attached hydrogen (secondary N) is 1. The van der Waals surface area contributed by atoms with Crippen molar-refractivity contribution in [1.82, 2.24) is 4.98 Å². The van der Waals surface area contributed by atoms with Crippen LogP contribution in [-0.2, 0) is 19.9 Å². The van der Waals surface area contributed by atoms with Crippen molar-refractivity contribution in [2.45, 2.75) is 45.1 Å². The number of anilines is 1. The molecule has 1 atom stereocenters. The highest BCUT2D eigenvalue weighted by Crippen LogP contribution is 2.41. The second-order valence-electron chi connectivity index (χ2n) is 6.76. The van der Waals surface area contributed by atoms with Gasteiger partial charge in [0.1, 0.15) is 5.60 Å². The normalized spacial score (nSPS) is 14.4. The van der Waals surface area contributed by atoms with E-state index in [2.05, 4.69) is 15.0 Å². The molecule has 2 rings (SSSR count). The third-order valence-electron chi connectivity index (χ3n) is 3.40. The molecule has 2 N–H and O–H groups in total. The van der Waals surface area contributed by atoms with Crippen LogP contribution < -0.4 is 5.32 Å². The van der Waals surface area contributed by atoms with Crippen LogP contribution in [0.4, 0.5) is 23.1 Å². The van der Waals surface area contributed by atoms with Gasteiger partial charge in [-0.1, -0.05) is 17.4 Å². The second-order valence-corrected chi connectivity index (χ2v) is 7.79. The molecule has 28 heavy (non-hydrogen) atoms. The maximum absolute atomic E-state index is 13.5. The average Bonchev–Trinajstić information content (AvgIpc) is 2.92. The number of hydrogen-bond donors (Lipinski definition) is 2. The van der Waals surface area contributed by atoms with Crippen LogP contribution in [0.3, 0.4) is 0 Å². The van der Waals surface area contributed by atoms with Crippen LogP contribution in [0.2, 0.25) is 0 Å². The second kappa shape index (κ2) is 7.55. The molecular formula is C17H19F3N2O5S. The molecule has 1 amide bonds. The van der Waals surface area contributed by atoms with Gasteiger partial charge in [0.2, 0.25) is 0 Å². The van der Waals surface area contributed by atoms with Crippen LogP contribution in [0.1, 0.15) is 33.3 Å². The Morgan fingerprint density at radius 2 is 1.89 bits per heavy atom. The highest BCUT2D eigenvalue weighted by Gasteiger charge is 2.62. The molecule has 0 bridgehead atoms. The van der Waals surface area contributed by atoms with E-state index in [1.807, 2.05) is 0 Å². The molecule has 2 aromatic rings. The van der Waals surface area contributed by atoms with Crippen molar-refractivity contribution in [2.75, 3.05) is 11.9 Å². The number of alkyl halides is 3. The van der Waals surface area contributed by atoms with Crippen LogP contribution in [0.25, 0.3) is 10.2 Å². The molecule has 1 aromatic carbocycles. The SMILES string of the molecule is CCOC(=O)C(O)(c1ccc2nc(NC(=O)OC(C)(C)C)sc2c1)C(F)(F)F. The number of rotatable bonds is 4. The molecule has 0 saturated heterocycles. The van der Waals surface area contributed by atoms with E-state index in [1.54, 1.807) is 20.8 Å². The summed E-state index contributed by atoms with van der Waals surface area (Å²) in [6, 6.07) is 3.12. The lowest BCUT2D eigenvalue weighted by atomic mass is 9.93. The number of halogens is 3. The number of fused-ring (bicyclic) bond motifs is 1. The van der Waals surface area contributed by atoms with Crippen molar-refractivity contribution in [1.29, 1.82) is 0 Å². The first-order chi connectivity index (χ1) is 12.8. The lowest BCUT2D eigenvalue weighted by Crippen LogP contribution is -2.50. The number of aromatic nitrogens is 1. The first kappa shape index (κ1) is 21.9. The van der Waals surface area contributed by atoms with E-state index < -0.39 is 35.0 Å². The molecule has 0 radical (unpaired) electrons. The monoisotopic (exact) mass is 420 g/mol. The first-order valence-electron chi connectivity index (χ1n) is 8.15. The quantitative estimate of drug-likeness (QED) is 0.727. The molecule has 0 fully saturated rings. The number of benzene rings is 1. The smallest absolute Gasteiger partial charge is 0.432 e. The Kier molecular flexibility index (Phi) is 5.90. The molecular weight excluding hydrogens is 401 g/mol. The van der Waals surface area contributed by atoms with Gasteiger partial charge in [-0.3, -0.25) is 5.32 Å². The number of nitrogens with zero attached hydrogens (tertiary/aromatic N) is 1. The fraction of sp³-hybridized carbons (Fsp3) is 0.471. The highest BCUT2D eigenvalue weighted by atomic mass is 32.1. The van der Waals surface area contributed by atoms with Crippen LogP contribution >= 0.6 is 11.3 Å². The largest absolute Gasteiger partial charge is 0.463 e.